The van der Waals surface area contributed by atoms with Crippen molar-refractivity contribution in [1.29, 1.82) is 0 Å². The second kappa shape index (κ2) is 6.74. The first kappa shape index (κ1) is 16.2. The second-order valence-corrected chi connectivity index (χ2v) is 7.70. The molecule has 1 N–H and O–H groups in total. The molecule has 0 atom stereocenters. The van der Waals surface area contributed by atoms with Gasteiger partial charge in [-0.3, -0.25) is 4.72 Å². The van der Waals surface area contributed by atoms with Crippen LogP contribution in [0.4, 0.5) is 5.69 Å². The number of sulfonamides is 1. The number of nitrogens with one attached hydrogen (secondary N) is 1. The SMILES string of the molecule is CCOCc1ccccc1NS(=O)(=O)c1sc(Cl)nc1C. The summed E-state index contributed by atoms with van der Waals surface area (Å²) in [6, 6.07) is 7.12. The molecule has 0 aliphatic heterocycles. The number of rotatable bonds is 6. The molecule has 0 saturated heterocycles. The van der Waals surface area contributed by atoms with Gasteiger partial charge >= 0.3 is 0 Å². The summed E-state index contributed by atoms with van der Waals surface area (Å²) < 4.78 is 33.1. The molecule has 0 aliphatic carbocycles. The topological polar surface area (TPSA) is 68.3 Å². The van der Waals surface area contributed by atoms with Crippen LogP contribution in [0.3, 0.4) is 0 Å². The maximum atomic E-state index is 12.4. The Morgan fingerprint density at radius 1 is 1.38 bits per heavy atom. The van der Waals surface area contributed by atoms with Crippen molar-refractivity contribution in [2.45, 2.75) is 24.7 Å². The second-order valence-electron chi connectivity index (χ2n) is 4.24. The van der Waals surface area contributed by atoms with E-state index in [-0.39, 0.29) is 8.68 Å². The highest BCUT2D eigenvalue weighted by Crippen LogP contribution is 2.29. The molecule has 114 valence electrons. The number of aryl methyl sites for hydroxylation is 1. The normalized spacial score (nSPS) is 11.6. The van der Waals surface area contributed by atoms with Gasteiger partial charge in [0.25, 0.3) is 10.0 Å². The van der Waals surface area contributed by atoms with Gasteiger partial charge < -0.3 is 4.74 Å². The lowest BCUT2D eigenvalue weighted by Crippen LogP contribution is -2.14. The molecular weight excluding hydrogens is 332 g/mol. The zero-order valence-corrected chi connectivity index (χ0v) is 14.0. The van der Waals surface area contributed by atoms with Gasteiger partial charge in [0.1, 0.15) is 0 Å². The van der Waals surface area contributed by atoms with Gasteiger partial charge in [-0.2, -0.15) is 0 Å². The molecule has 1 aromatic heterocycles. The van der Waals surface area contributed by atoms with Gasteiger partial charge in [-0.25, -0.2) is 13.4 Å². The third-order valence-corrected chi connectivity index (χ3v) is 5.93. The van der Waals surface area contributed by atoms with E-state index in [0.29, 0.717) is 24.6 Å². The highest BCUT2D eigenvalue weighted by molar-refractivity contribution is 7.94. The molecule has 0 amide bonds. The van der Waals surface area contributed by atoms with Crippen molar-refractivity contribution < 1.29 is 13.2 Å². The van der Waals surface area contributed by atoms with Crippen LogP contribution in [0.15, 0.2) is 28.5 Å². The molecule has 0 fully saturated rings. The van der Waals surface area contributed by atoms with Crippen molar-refractivity contribution in [3.05, 3.63) is 40.0 Å². The van der Waals surface area contributed by atoms with Gasteiger partial charge in [-0.05, 0) is 19.9 Å². The molecule has 0 aliphatic rings. The molecule has 2 aromatic rings. The quantitative estimate of drug-likeness (QED) is 0.869. The zero-order chi connectivity index (χ0) is 15.5. The summed E-state index contributed by atoms with van der Waals surface area (Å²) in [4.78, 5) is 3.93. The average molecular weight is 347 g/mol. The van der Waals surface area contributed by atoms with E-state index in [4.69, 9.17) is 16.3 Å². The van der Waals surface area contributed by atoms with E-state index in [2.05, 4.69) is 9.71 Å². The lowest BCUT2D eigenvalue weighted by atomic mass is 10.2. The number of nitrogens with zero attached hydrogens (tertiary/aromatic N) is 1. The Labute approximate surface area is 133 Å². The Morgan fingerprint density at radius 3 is 2.71 bits per heavy atom. The van der Waals surface area contributed by atoms with Crippen LogP contribution in [0.25, 0.3) is 0 Å². The number of anilines is 1. The summed E-state index contributed by atoms with van der Waals surface area (Å²) >= 11 is 6.71. The summed E-state index contributed by atoms with van der Waals surface area (Å²) in [7, 11) is -3.70. The lowest BCUT2D eigenvalue weighted by Gasteiger charge is -2.11. The van der Waals surface area contributed by atoms with Crippen molar-refractivity contribution >= 4 is 38.6 Å². The van der Waals surface area contributed by atoms with Crippen LogP contribution in [0.2, 0.25) is 4.47 Å². The predicted octanol–water partition coefficient (Wildman–Crippen LogP) is 3.44. The number of ether oxygens (including phenoxy) is 1. The number of halogens is 1. The van der Waals surface area contributed by atoms with Gasteiger partial charge in [0, 0.05) is 12.2 Å². The maximum Gasteiger partial charge on any atom is 0.273 e. The molecule has 5 nitrogen and oxygen atoms in total. The fourth-order valence-electron chi connectivity index (χ4n) is 1.75. The van der Waals surface area contributed by atoms with Crippen LogP contribution in [0.5, 0.6) is 0 Å². The van der Waals surface area contributed by atoms with Crippen LogP contribution in [-0.2, 0) is 21.4 Å². The van der Waals surface area contributed by atoms with E-state index >= 15 is 0 Å². The van der Waals surface area contributed by atoms with Crippen molar-refractivity contribution in [1.82, 2.24) is 4.98 Å². The average Bonchev–Trinajstić information content (AvgIpc) is 2.77. The van der Waals surface area contributed by atoms with Crippen LogP contribution >= 0.6 is 22.9 Å². The van der Waals surface area contributed by atoms with Crippen molar-refractivity contribution in [3.8, 4) is 0 Å². The fourth-order valence-corrected chi connectivity index (χ4v) is 4.59. The van der Waals surface area contributed by atoms with Gasteiger partial charge in [-0.15, -0.1) is 0 Å². The minimum Gasteiger partial charge on any atom is -0.377 e. The molecule has 0 radical (unpaired) electrons. The van der Waals surface area contributed by atoms with Gasteiger partial charge in [-0.1, -0.05) is 41.1 Å². The fraction of sp³-hybridized carbons (Fsp3) is 0.308. The van der Waals surface area contributed by atoms with Crippen LogP contribution < -0.4 is 4.72 Å². The number of para-hydroxylation sites is 1. The van der Waals surface area contributed by atoms with E-state index in [1.807, 2.05) is 19.1 Å². The Hall–Kier alpha value is -1.15. The van der Waals surface area contributed by atoms with E-state index in [1.165, 1.54) is 0 Å². The Kier molecular flexibility index (Phi) is 5.21. The molecule has 1 heterocycles. The third kappa shape index (κ3) is 3.94. The van der Waals surface area contributed by atoms with E-state index in [0.717, 1.165) is 16.9 Å². The first-order valence-corrected chi connectivity index (χ1v) is 8.93. The Bertz CT molecular complexity index is 729. The third-order valence-electron chi connectivity index (χ3n) is 2.70. The summed E-state index contributed by atoms with van der Waals surface area (Å²) in [5.41, 5.74) is 1.66. The number of hydrogen-bond acceptors (Lipinski definition) is 5. The summed E-state index contributed by atoms with van der Waals surface area (Å²) in [5, 5.41) is 0. The Morgan fingerprint density at radius 2 is 2.10 bits per heavy atom. The Balaban J connectivity index is 2.31. The lowest BCUT2D eigenvalue weighted by molar-refractivity contribution is 0.134. The number of benzene rings is 1. The van der Waals surface area contributed by atoms with Crippen molar-refractivity contribution in [2.75, 3.05) is 11.3 Å². The van der Waals surface area contributed by atoms with Gasteiger partial charge in [0.15, 0.2) is 8.68 Å². The molecular formula is C13H15ClN2O3S2. The molecule has 0 bridgehead atoms. The number of thiazole rings is 1. The van der Waals surface area contributed by atoms with E-state index < -0.39 is 10.0 Å². The van der Waals surface area contributed by atoms with Crippen molar-refractivity contribution in [2.24, 2.45) is 0 Å². The first-order chi connectivity index (χ1) is 9.94. The molecule has 0 unspecified atom stereocenters. The minimum absolute atomic E-state index is 0.124. The van der Waals surface area contributed by atoms with E-state index in [9.17, 15) is 8.42 Å². The molecule has 0 spiro atoms. The largest absolute Gasteiger partial charge is 0.377 e. The highest BCUT2D eigenvalue weighted by atomic mass is 35.5. The monoisotopic (exact) mass is 346 g/mol. The summed E-state index contributed by atoms with van der Waals surface area (Å²) in [6.07, 6.45) is 0. The molecule has 1 aromatic carbocycles. The van der Waals surface area contributed by atoms with Crippen LogP contribution in [-0.4, -0.2) is 20.0 Å². The van der Waals surface area contributed by atoms with E-state index in [1.54, 1.807) is 19.1 Å². The van der Waals surface area contributed by atoms with Crippen LogP contribution in [0.1, 0.15) is 18.2 Å². The molecule has 21 heavy (non-hydrogen) atoms. The van der Waals surface area contributed by atoms with Gasteiger partial charge in [0.2, 0.25) is 0 Å². The summed E-state index contributed by atoms with van der Waals surface area (Å²) in [5.74, 6) is 0. The predicted molar refractivity (Wildman–Crippen MR) is 84.4 cm³/mol. The highest BCUT2D eigenvalue weighted by Gasteiger charge is 2.22. The zero-order valence-electron chi connectivity index (χ0n) is 11.6. The minimum atomic E-state index is -3.70. The van der Waals surface area contributed by atoms with Gasteiger partial charge in [0.05, 0.1) is 18.0 Å². The molecule has 0 saturated carbocycles. The number of aromatic nitrogens is 1. The van der Waals surface area contributed by atoms with Crippen molar-refractivity contribution in [3.63, 3.8) is 0 Å². The summed E-state index contributed by atoms with van der Waals surface area (Å²) in [6.45, 7) is 4.40. The number of hydrogen-bond donors (Lipinski definition) is 1. The maximum absolute atomic E-state index is 12.4. The standard InChI is InChI=1S/C13H15ClN2O3S2/c1-3-19-8-10-6-4-5-7-11(10)16-21(17,18)12-9(2)15-13(14)20-12/h4-7,16H,3,8H2,1-2H3. The van der Waals surface area contributed by atoms with Crippen LogP contribution in [0, 0.1) is 6.92 Å². The first-order valence-electron chi connectivity index (χ1n) is 6.25. The molecule has 2 rings (SSSR count). The smallest absolute Gasteiger partial charge is 0.273 e. The molecule has 8 heteroatoms.